The van der Waals surface area contributed by atoms with Crippen LogP contribution in [0.25, 0.3) is 10.2 Å². The average molecular weight is 465 g/mol. The number of carbonyl (C=O) groups excluding carboxylic acids is 3. The van der Waals surface area contributed by atoms with E-state index in [1.807, 2.05) is 11.0 Å². The lowest BCUT2D eigenvalue weighted by atomic mass is 9.91. The van der Waals surface area contributed by atoms with Crippen molar-refractivity contribution in [3.63, 3.8) is 0 Å². The predicted octanol–water partition coefficient (Wildman–Crippen LogP) is 2.10. The molecule has 1 unspecified atom stereocenters. The highest BCUT2D eigenvalue weighted by Gasteiger charge is 2.45. The second kappa shape index (κ2) is 8.20. The number of rotatable bonds is 3. The lowest BCUT2D eigenvalue weighted by Crippen LogP contribution is -2.58. The molecule has 9 nitrogen and oxygen atoms in total. The minimum Gasteiger partial charge on any atom is -0.336 e. The number of fused-ring (bicyclic) bond motifs is 2. The Morgan fingerprint density at radius 2 is 1.94 bits per heavy atom. The summed E-state index contributed by atoms with van der Waals surface area (Å²) in [7, 11) is 2.05. The molecule has 4 heterocycles. The number of anilines is 1. The summed E-state index contributed by atoms with van der Waals surface area (Å²) in [4.78, 5) is 52.7. The monoisotopic (exact) mass is 464 g/mol. The number of likely N-dealkylation sites (N-methyl/N-ethyl adjacent to an activating group) is 1. The van der Waals surface area contributed by atoms with Crippen molar-refractivity contribution in [3.8, 4) is 0 Å². The minimum atomic E-state index is -1.12. The molecule has 1 N–H and O–H groups in total. The van der Waals surface area contributed by atoms with Crippen LogP contribution in [-0.4, -0.2) is 82.0 Å². The summed E-state index contributed by atoms with van der Waals surface area (Å²) in [5.41, 5.74) is 0.207. The molecule has 1 saturated heterocycles. The quantitative estimate of drug-likeness (QED) is 0.747. The molecule has 1 aromatic carbocycles. The largest absolute Gasteiger partial charge is 0.336 e. The van der Waals surface area contributed by atoms with E-state index >= 15 is 0 Å². The number of hydrogen-bond acceptors (Lipinski definition) is 7. The van der Waals surface area contributed by atoms with E-state index in [4.69, 9.17) is 0 Å². The van der Waals surface area contributed by atoms with Gasteiger partial charge in [0.15, 0.2) is 5.13 Å². The first kappa shape index (κ1) is 21.5. The van der Waals surface area contributed by atoms with Crippen LogP contribution in [0.2, 0.25) is 0 Å². The molecule has 0 aliphatic carbocycles. The number of benzene rings is 1. The first-order valence-electron chi connectivity index (χ1n) is 10.8. The van der Waals surface area contributed by atoms with Gasteiger partial charge in [0, 0.05) is 37.9 Å². The Hall–Kier alpha value is -3.37. The van der Waals surface area contributed by atoms with Gasteiger partial charge in [-0.1, -0.05) is 17.4 Å². The molecule has 5 rings (SSSR count). The number of aliphatic imine (C=N–C) groups is 1. The summed E-state index contributed by atoms with van der Waals surface area (Å²) in [5, 5.41) is 3.30. The average Bonchev–Trinajstić information content (AvgIpc) is 3.20. The van der Waals surface area contributed by atoms with Crippen molar-refractivity contribution in [2.45, 2.75) is 18.9 Å². The first-order valence-corrected chi connectivity index (χ1v) is 11.6. The maximum Gasteiger partial charge on any atom is 0.253 e. The third-order valence-corrected chi connectivity index (χ3v) is 7.17. The normalized spacial score (nSPS) is 23.0. The molecule has 170 valence electrons. The fraction of sp³-hybridized carbons (Fsp3) is 0.348. The molecular formula is C23H24N6O3S. The minimum absolute atomic E-state index is 0.00831. The molecular weight excluding hydrogens is 440 g/mol. The predicted molar refractivity (Wildman–Crippen MR) is 127 cm³/mol. The summed E-state index contributed by atoms with van der Waals surface area (Å²) in [5.74, 6) is -0.220. The van der Waals surface area contributed by atoms with E-state index in [2.05, 4.69) is 27.2 Å². The maximum atomic E-state index is 13.3. The zero-order valence-electron chi connectivity index (χ0n) is 18.4. The number of aromatic nitrogens is 1. The molecule has 3 aliphatic heterocycles. The van der Waals surface area contributed by atoms with Gasteiger partial charge in [-0.25, -0.2) is 4.98 Å². The molecule has 3 aliphatic rings. The van der Waals surface area contributed by atoms with Gasteiger partial charge in [0.05, 0.1) is 16.6 Å². The number of amidine groups is 1. The van der Waals surface area contributed by atoms with E-state index in [0.29, 0.717) is 35.1 Å². The molecule has 0 radical (unpaired) electrons. The molecule has 0 bridgehead atoms. The SMILES string of the molecule is CN1CCN(C(=O)c2ccc3nc(NC(=O)C4(C)CC(=O)N=C5C=CC=CN54)sc3c2)CC1. The van der Waals surface area contributed by atoms with Gasteiger partial charge in [-0.2, -0.15) is 4.99 Å². The number of allylic oxidation sites excluding steroid dienone is 2. The van der Waals surface area contributed by atoms with Crippen LogP contribution in [0, 0.1) is 0 Å². The van der Waals surface area contributed by atoms with E-state index in [9.17, 15) is 14.4 Å². The Bertz CT molecular complexity index is 1240. The number of hydrogen-bond donors (Lipinski definition) is 1. The van der Waals surface area contributed by atoms with Crippen LogP contribution in [0.4, 0.5) is 5.13 Å². The Kier molecular flexibility index (Phi) is 5.34. The highest BCUT2D eigenvalue weighted by molar-refractivity contribution is 7.22. The fourth-order valence-electron chi connectivity index (χ4n) is 4.21. The van der Waals surface area contributed by atoms with Crippen LogP contribution in [0.1, 0.15) is 23.7 Å². The summed E-state index contributed by atoms with van der Waals surface area (Å²) in [6.45, 7) is 4.86. The van der Waals surface area contributed by atoms with Gasteiger partial charge in [0.1, 0.15) is 11.4 Å². The van der Waals surface area contributed by atoms with E-state index < -0.39 is 5.54 Å². The molecule has 0 spiro atoms. The van der Waals surface area contributed by atoms with Gasteiger partial charge < -0.3 is 14.7 Å². The second-order valence-corrected chi connectivity index (χ2v) is 9.67. The summed E-state index contributed by atoms with van der Waals surface area (Å²) in [6.07, 6.45) is 7.01. The van der Waals surface area contributed by atoms with Crippen molar-refractivity contribution >= 4 is 50.2 Å². The third-order valence-electron chi connectivity index (χ3n) is 6.24. The summed E-state index contributed by atoms with van der Waals surface area (Å²) in [6, 6.07) is 5.42. The third kappa shape index (κ3) is 3.96. The van der Waals surface area contributed by atoms with Gasteiger partial charge in [-0.3, -0.25) is 19.7 Å². The van der Waals surface area contributed by atoms with Crippen molar-refractivity contribution in [2.75, 3.05) is 38.5 Å². The van der Waals surface area contributed by atoms with Crippen molar-refractivity contribution in [2.24, 2.45) is 4.99 Å². The van der Waals surface area contributed by atoms with Crippen molar-refractivity contribution in [1.29, 1.82) is 0 Å². The molecule has 1 atom stereocenters. The number of thiazole rings is 1. The fourth-order valence-corrected chi connectivity index (χ4v) is 5.11. The van der Waals surface area contributed by atoms with Crippen LogP contribution in [-0.2, 0) is 9.59 Å². The molecule has 33 heavy (non-hydrogen) atoms. The van der Waals surface area contributed by atoms with Gasteiger partial charge in [0.2, 0.25) is 0 Å². The van der Waals surface area contributed by atoms with Crippen LogP contribution in [0.5, 0.6) is 0 Å². The maximum absolute atomic E-state index is 13.3. The number of piperazine rings is 1. The van der Waals surface area contributed by atoms with E-state index in [-0.39, 0.29) is 24.1 Å². The standard InChI is InChI=1S/C23H24N6O3S/c1-23(14-19(30)25-18-5-3-4-8-29(18)23)21(32)26-22-24-16-7-6-15(13-17(16)33-22)20(31)28-11-9-27(2)10-12-28/h3-8,13H,9-12,14H2,1-2H3,(H,24,26,32). The second-order valence-electron chi connectivity index (χ2n) is 8.64. The first-order chi connectivity index (χ1) is 15.8. The zero-order chi connectivity index (χ0) is 23.2. The molecule has 3 amide bonds. The Labute approximate surface area is 195 Å². The van der Waals surface area contributed by atoms with Gasteiger partial charge in [-0.15, -0.1) is 0 Å². The van der Waals surface area contributed by atoms with Crippen LogP contribution >= 0.6 is 11.3 Å². The van der Waals surface area contributed by atoms with Crippen LogP contribution in [0.3, 0.4) is 0 Å². The lowest BCUT2D eigenvalue weighted by Gasteiger charge is -2.41. The van der Waals surface area contributed by atoms with E-state index in [1.54, 1.807) is 48.4 Å². The molecule has 10 heteroatoms. The van der Waals surface area contributed by atoms with Gasteiger partial charge in [-0.05, 0) is 44.3 Å². The molecule has 0 saturated carbocycles. The molecule has 2 aromatic rings. The highest BCUT2D eigenvalue weighted by Crippen LogP contribution is 2.32. The smallest absolute Gasteiger partial charge is 0.253 e. The van der Waals surface area contributed by atoms with Gasteiger partial charge in [0.25, 0.3) is 17.7 Å². The van der Waals surface area contributed by atoms with E-state index in [0.717, 1.165) is 17.8 Å². The summed E-state index contributed by atoms with van der Waals surface area (Å²) < 4.78 is 0.818. The number of amides is 3. The van der Waals surface area contributed by atoms with E-state index in [1.165, 1.54) is 11.3 Å². The van der Waals surface area contributed by atoms with Crippen LogP contribution in [0.15, 0.2) is 47.6 Å². The Balaban J connectivity index is 1.35. The van der Waals surface area contributed by atoms with Crippen molar-refractivity contribution in [3.05, 3.63) is 48.2 Å². The zero-order valence-corrected chi connectivity index (χ0v) is 19.3. The Morgan fingerprint density at radius 1 is 1.15 bits per heavy atom. The molecule has 1 aromatic heterocycles. The van der Waals surface area contributed by atoms with Crippen molar-refractivity contribution in [1.82, 2.24) is 19.7 Å². The summed E-state index contributed by atoms with van der Waals surface area (Å²) >= 11 is 1.31. The van der Waals surface area contributed by atoms with Gasteiger partial charge >= 0.3 is 0 Å². The molecule has 1 fully saturated rings. The Morgan fingerprint density at radius 3 is 2.73 bits per heavy atom. The number of carbonyl (C=O) groups is 3. The van der Waals surface area contributed by atoms with Crippen molar-refractivity contribution < 1.29 is 14.4 Å². The van der Waals surface area contributed by atoms with Crippen LogP contribution < -0.4 is 5.32 Å². The topological polar surface area (TPSA) is 98.2 Å². The highest BCUT2D eigenvalue weighted by atomic mass is 32.1. The lowest BCUT2D eigenvalue weighted by molar-refractivity contribution is -0.130. The number of nitrogens with zero attached hydrogens (tertiary/aromatic N) is 5. The number of nitrogens with one attached hydrogen (secondary N) is 1.